The van der Waals surface area contributed by atoms with Crippen LogP contribution in [0, 0.1) is 20.8 Å². The van der Waals surface area contributed by atoms with Gasteiger partial charge in [-0.1, -0.05) is 45.8 Å². The number of halogens is 1. The number of thiophene rings is 1. The van der Waals surface area contributed by atoms with Crippen molar-refractivity contribution < 1.29 is 4.79 Å². The standard InChI is InChI=1S/C23H20BrN3O2S/c1-13-7-8-18(14(2)9-13)26-21(28)20-15(3)19-22(30-20)25-12-27(23(19)29)11-16-5-4-6-17(24)10-16/h4-10,12H,11H2,1-3H3,(H,26,28). The van der Waals surface area contributed by atoms with Crippen LogP contribution in [-0.4, -0.2) is 15.5 Å². The third-order valence-corrected chi connectivity index (χ3v) is 6.69. The van der Waals surface area contributed by atoms with Gasteiger partial charge in [0.2, 0.25) is 0 Å². The largest absolute Gasteiger partial charge is 0.321 e. The van der Waals surface area contributed by atoms with E-state index in [1.54, 1.807) is 10.9 Å². The first-order valence-corrected chi connectivity index (χ1v) is 11.1. The highest BCUT2D eigenvalue weighted by Crippen LogP contribution is 2.28. The molecule has 0 bridgehead atoms. The van der Waals surface area contributed by atoms with E-state index in [-0.39, 0.29) is 11.5 Å². The van der Waals surface area contributed by atoms with E-state index in [0.717, 1.165) is 26.9 Å². The fourth-order valence-corrected chi connectivity index (χ4v) is 4.93. The molecule has 0 unspecified atom stereocenters. The van der Waals surface area contributed by atoms with Crippen molar-refractivity contribution >= 4 is 49.1 Å². The molecule has 7 heteroatoms. The van der Waals surface area contributed by atoms with Crippen LogP contribution < -0.4 is 10.9 Å². The number of nitrogens with zero attached hydrogens (tertiary/aromatic N) is 2. The van der Waals surface area contributed by atoms with Crippen LogP contribution in [0.15, 0.2) is 58.1 Å². The first-order valence-electron chi connectivity index (χ1n) is 9.45. The van der Waals surface area contributed by atoms with Crippen LogP contribution in [0.3, 0.4) is 0 Å². The molecule has 0 spiro atoms. The van der Waals surface area contributed by atoms with Crippen molar-refractivity contribution in [3.8, 4) is 0 Å². The Morgan fingerprint density at radius 2 is 1.97 bits per heavy atom. The summed E-state index contributed by atoms with van der Waals surface area (Å²) in [5.74, 6) is -0.222. The summed E-state index contributed by atoms with van der Waals surface area (Å²) in [5.41, 5.74) is 4.42. The molecular weight excluding hydrogens is 462 g/mol. The fraction of sp³-hybridized carbons (Fsp3) is 0.174. The molecule has 5 nitrogen and oxygen atoms in total. The van der Waals surface area contributed by atoms with Gasteiger partial charge >= 0.3 is 0 Å². The number of benzene rings is 2. The number of hydrogen-bond donors (Lipinski definition) is 1. The second kappa shape index (κ2) is 8.16. The molecule has 4 rings (SSSR count). The van der Waals surface area contributed by atoms with Gasteiger partial charge in [0.25, 0.3) is 11.5 Å². The van der Waals surface area contributed by atoms with Crippen LogP contribution in [0.5, 0.6) is 0 Å². The van der Waals surface area contributed by atoms with E-state index in [4.69, 9.17) is 0 Å². The lowest BCUT2D eigenvalue weighted by molar-refractivity contribution is 0.103. The number of anilines is 1. The van der Waals surface area contributed by atoms with Crippen molar-refractivity contribution in [2.45, 2.75) is 27.3 Å². The third-order valence-electron chi connectivity index (χ3n) is 5.00. The molecule has 0 aliphatic rings. The van der Waals surface area contributed by atoms with Gasteiger partial charge in [0.1, 0.15) is 4.83 Å². The normalized spacial score (nSPS) is 11.1. The van der Waals surface area contributed by atoms with Gasteiger partial charge in [-0.25, -0.2) is 4.98 Å². The monoisotopic (exact) mass is 481 g/mol. The maximum absolute atomic E-state index is 13.1. The minimum absolute atomic E-state index is 0.140. The number of aryl methyl sites for hydroxylation is 3. The van der Waals surface area contributed by atoms with Crippen molar-refractivity contribution in [2.24, 2.45) is 0 Å². The fourth-order valence-electron chi connectivity index (χ4n) is 3.45. The number of rotatable bonds is 4. The van der Waals surface area contributed by atoms with Gasteiger partial charge in [-0.15, -0.1) is 11.3 Å². The Morgan fingerprint density at radius 3 is 2.70 bits per heavy atom. The van der Waals surface area contributed by atoms with E-state index in [2.05, 4.69) is 26.2 Å². The zero-order chi connectivity index (χ0) is 21.4. The van der Waals surface area contributed by atoms with E-state index in [1.165, 1.54) is 11.3 Å². The summed E-state index contributed by atoms with van der Waals surface area (Å²) in [5, 5.41) is 3.47. The molecule has 1 N–H and O–H groups in total. The van der Waals surface area contributed by atoms with Gasteiger partial charge in [0, 0.05) is 10.2 Å². The predicted molar refractivity (Wildman–Crippen MR) is 126 cm³/mol. The van der Waals surface area contributed by atoms with Crippen LogP contribution >= 0.6 is 27.3 Å². The summed E-state index contributed by atoms with van der Waals surface area (Å²) in [6.45, 7) is 6.20. The summed E-state index contributed by atoms with van der Waals surface area (Å²) in [7, 11) is 0. The van der Waals surface area contributed by atoms with Crippen LogP contribution in [0.4, 0.5) is 5.69 Å². The lowest BCUT2D eigenvalue weighted by atomic mass is 10.1. The van der Waals surface area contributed by atoms with Crippen LogP contribution in [0.1, 0.15) is 31.9 Å². The minimum Gasteiger partial charge on any atom is -0.321 e. The maximum Gasteiger partial charge on any atom is 0.266 e. The average molecular weight is 482 g/mol. The van der Waals surface area contributed by atoms with Gasteiger partial charge in [-0.2, -0.15) is 0 Å². The number of hydrogen-bond acceptors (Lipinski definition) is 4. The molecule has 0 aliphatic heterocycles. The number of nitrogens with one attached hydrogen (secondary N) is 1. The second-order valence-corrected chi connectivity index (χ2v) is 9.23. The minimum atomic E-state index is -0.222. The van der Waals surface area contributed by atoms with Gasteiger partial charge in [0.15, 0.2) is 0 Å². The number of aromatic nitrogens is 2. The van der Waals surface area contributed by atoms with Crippen molar-refractivity contribution in [3.63, 3.8) is 0 Å². The molecule has 0 atom stereocenters. The lowest BCUT2D eigenvalue weighted by Crippen LogP contribution is -2.21. The zero-order valence-corrected chi connectivity index (χ0v) is 19.2. The third kappa shape index (κ3) is 3.95. The average Bonchev–Trinajstić information content (AvgIpc) is 3.04. The van der Waals surface area contributed by atoms with Crippen molar-refractivity contribution in [1.82, 2.24) is 9.55 Å². The molecule has 2 aromatic heterocycles. The van der Waals surface area contributed by atoms with Gasteiger partial charge < -0.3 is 5.32 Å². The number of carbonyl (C=O) groups excluding carboxylic acids is 1. The molecular formula is C23H20BrN3O2S. The SMILES string of the molecule is Cc1ccc(NC(=O)c2sc3ncn(Cc4cccc(Br)c4)c(=O)c3c2C)c(C)c1. The molecule has 4 aromatic rings. The Balaban J connectivity index is 1.69. The summed E-state index contributed by atoms with van der Waals surface area (Å²) >= 11 is 4.70. The molecule has 30 heavy (non-hydrogen) atoms. The van der Waals surface area contributed by atoms with E-state index in [9.17, 15) is 9.59 Å². The lowest BCUT2D eigenvalue weighted by Gasteiger charge is -2.08. The molecule has 2 aromatic carbocycles. The summed E-state index contributed by atoms with van der Waals surface area (Å²) in [4.78, 5) is 31.6. The molecule has 152 valence electrons. The van der Waals surface area contributed by atoms with Gasteiger partial charge in [-0.3, -0.25) is 14.2 Å². The summed E-state index contributed by atoms with van der Waals surface area (Å²) < 4.78 is 2.54. The highest BCUT2D eigenvalue weighted by molar-refractivity contribution is 9.10. The van der Waals surface area contributed by atoms with E-state index >= 15 is 0 Å². The highest BCUT2D eigenvalue weighted by Gasteiger charge is 2.20. The first kappa shape index (κ1) is 20.5. The summed E-state index contributed by atoms with van der Waals surface area (Å²) in [6, 6.07) is 13.7. The first-order chi connectivity index (χ1) is 14.3. The Labute approximate surface area is 186 Å². The van der Waals surface area contributed by atoms with Crippen LogP contribution in [0.25, 0.3) is 10.2 Å². The van der Waals surface area contributed by atoms with Crippen LogP contribution in [-0.2, 0) is 6.54 Å². The number of carbonyl (C=O) groups is 1. The Kier molecular flexibility index (Phi) is 5.58. The molecule has 1 amide bonds. The Morgan fingerprint density at radius 1 is 1.17 bits per heavy atom. The predicted octanol–water partition coefficient (Wildman–Crippen LogP) is 5.45. The Bertz CT molecular complexity index is 1340. The molecule has 2 heterocycles. The van der Waals surface area contributed by atoms with Crippen molar-refractivity contribution in [1.29, 1.82) is 0 Å². The van der Waals surface area contributed by atoms with Crippen molar-refractivity contribution in [2.75, 3.05) is 5.32 Å². The van der Waals surface area contributed by atoms with E-state index in [1.807, 2.05) is 63.2 Å². The number of fused-ring (bicyclic) bond motifs is 1. The van der Waals surface area contributed by atoms with Crippen molar-refractivity contribution in [3.05, 3.63) is 90.7 Å². The Hall–Kier alpha value is -2.77. The molecule has 0 saturated heterocycles. The van der Waals surface area contributed by atoms with Gasteiger partial charge in [-0.05, 0) is 55.7 Å². The van der Waals surface area contributed by atoms with E-state index in [0.29, 0.717) is 27.2 Å². The molecule has 0 aliphatic carbocycles. The molecule has 0 radical (unpaired) electrons. The summed E-state index contributed by atoms with van der Waals surface area (Å²) in [6.07, 6.45) is 1.55. The second-order valence-electron chi connectivity index (χ2n) is 7.32. The number of amides is 1. The van der Waals surface area contributed by atoms with Crippen LogP contribution in [0.2, 0.25) is 0 Å². The quantitative estimate of drug-likeness (QED) is 0.421. The smallest absolute Gasteiger partial charge is 0.266 e. The van der Waals surface area contributed by atoms with Gasteiger partial charge in [0.05, 0.1) is 23.1 Å². The topological polar surface area (TPSA) is 64.0 Å². The molecule has 0 saturated carbocycles. The van der Waals surface area contributed by atoms with E-state index < -0.39 is 0 Å². The zero-order valence-electron chi connectivity index (χ0n) is 16.8. The molecule has 0 fully saturated rings. The highest BCUT2D eigenvalue weighted by atomic mass is 79.9. The maximum atomic E-state index is 13.1.